The lowest BCUT2D eigenvalue weighted by atomic mass is 10.2. The van der Waals surface area contributed by atoms with Crippen molar-refractivity contribution in [3.05, 3.63) is 42.7 Å². The van der Waals surface area contributed by atoms with Crippen molar-refractivity contribution in [1.82, 2.24) is 14.7 Å². The molecule has 0 fully saturated rings. The van der Waals surface area contributed by atoms with Gasteiger partial charge in [0, 0.05) is 11.4 Å². The lowest BCUT2D eigenvalue weighted by Gasteiger charge is -2.06. The highest BCUT2D eigenvalue weighted by Crippen LogP contribution is 2.34. The molecule has 2 aromatic heterocycles. The zero-order valence-corrected chi connectivity index (χ0v) is 14.1. The van der Waals surface area contributed by atoms with Gasteiger partial charge in [-0.25, -0.2) is 23.1 Å². The van der Waals surface area contributed by atoms with Gasteiger partial charge in [-0.2, -0.15) is 0 Å². The Balaban J connectivity index is 1.86. The van der Waals surface area contributed by atoms with Crippen molar-refractivity contribution >= 4 is 37.4 Å². The molecule has 0 aliphatic heterocycles. The summed E-state index contributed by atoms with van der Waals surface area (Å²) in [7, 11) is -1.83. The van der Waals surface area contributed by atoms with E-state index >= 15 is 0 Å². The number of rotatable bonds is 6. The van der Waals surface area contributed by atoms with Gasteiger partial charge < -0.3 is 5.32 Å². The number of aromatic nitrogens is 2. The molecule has 0 saturated carbocycles. The molecule has 0 spiro atoms. The molecule has 0 aliphatic carbocycles. The molecule has 8 heteroatoms. The van der Waals surface area contributed by atoms with Crippen LogP contribution in [-0.4, -0.2) is 37.7 Å². The van der Waals surface area contributed by atoms with E-state index in [1.807, 2.05) is 36.4 Å². The molecule has 0 aliphatic rings. The molecule has 6 nitrogen and oxygen atoms in total. The predicted octanol–water partition coefficient (Wildman–Crippen LogP) is 2.32. The number of thiophene rings is 1. The van der Waals surface area contributed by atoms with Crippen molar-refractivity contribution < 1.29 is 8.42 Å². The molecule has 3 rings (SSSR count). The molecule has 0 amide bonds. The molecule has 0 radical (unpaired) electrons. The van der Waals surface area contributed by atoms with E-state index in [-0.39, 0.29) is 12.3 Å². The largest absolute Gasteiger partial charge is 0.368 e. The first kappa shape index (κ1) is 15.9. The molecular weight excluding hydrogens is 332 g/mol. The molecule has 0 saturated heterocycles. The second-order valence-corrected chi connectivity index (χ2v) is 7.94. The van der Waals surface area contributed by atoms with E-state index in [0.29, 0.717) is 5.82 Å². The van der Waals surface area contributed by atoms with Crippen LogP contribution in [0.2, 0.25) is 0 Å². The zero-order valence-electron chi connectivity index (χ0n) is 12.5. The van der Waals surface area contributed by atoms with Gasteiger partial charge in [-0.15, -0.1) is 11.3 Å². The van der Waals surface area contributed by atoms with Gasteiger partial charge in [-0.1, -0.05) is 30.3 Å². The van der Waals surface area contributed by atoms with Gasteiger partial charge in [-0.3, -0.25) is 0 Å². The van der Waals surface area contributed by atoms with Crippen LogP contribution < -0.4 is 10.0 Å². The third-order valence-electron chi connectivity index (χ3n) is 3.36. The number of nitrogens with zero attached hydrogens (tertiary/aromatic N) is 2. The lowest BCUT2D eigenvalue weighted by Crippen LogP contribution is -2.26. The van der Waals surface area contributed by atoms with Gasteiger partial charge in [0.05, 0.1) is 11.1 Å². The summed E-state index contributed by atoms with van der Waals surface area (Å²) in [5, 5.41) is 3.98. The molecule has 23 heavy (non-hydrogen) atoms. The molecule has 120 valence electrons. The third kappa shape index (κ3) is 3.66. The normalized spacial score (nSPS) is 11.7. The molecular formula is C15H16N4O2S2. The monoisotopic (exact) mass is 348 g/mol. The van der Waals surface area contributed by atoms with Crippen molar-refractivity contribution in [2.75, 3.05) is 24.7 Å². The van der Waals surface area contributed by atoms with E-state index in [9.17, 15) is 8.42 Å². The van der Waals surface area contributed by atoms with Gasteiger partial charge in [0.25, 0.3) is 0 Å². The number of fused-ring (bicyclic) bond motifs is 1. The minimum atomic E-state index is -3.23. The predicted molar refractivity (Wildman–Crippen MR) is 94.2 cm³/mol. The Bertz CT molecular complexity index is 908. The summed E-state index contributed by atoms with van der Waals surface area (Å²) in [4.78, 5) is 10.5. The molecule has 3 aromatic rings. The van der Waals surface area contributed by atoms with Crippen LogP contribution in [0.25, 0.3) is 20.7 Å². The zero-order chi connectivity index (χ0) is 16.3. The van der Waals surface area contributed by atoms with Gasteiger partial charge >= 0.3 is 0 Å². The maximum atomic E-state index is 11.5. The SMILES string of the molecule is CNS(=O)(=O)CCNc1ncnc2sc(-c3ccccc3)cc12. The number of sulfonamides is 1. The van der Waals surface area contributed by atoms with Crippen LogP contribution in [-0.2, 0) is 10.0 Å². The number of anilines is 1. The highest BCUT2D eigenvalue weighted by molar-refractivity contribution is 7.89. The topological polar surface area (TPSA) is 84.0 Å². The highest BCUT2D eigenvalue weighted by atomic mass is 32.2. The quantitative estimate of drug-likeness (QED) is 0.714. The molecule has 0 atom stereocenters. The summed E-state index contributed by atoms with van der Waals surface area (Å²) in [6.07, 6.45) is 1.49. The van der Waals surface area contributed by atoms with E-state index in [4.69, 9.17) is 0 Å². The maximum Gasteiger partial charge on any atom is 0.213 e. The minimum absolute atomic E-state index is 0.00925. The second kappa shape index (κ2) is 6.61. The Morgan fingerprint density at radius 2 is 1.96 bits per heavy atom. The van der Waals surface area contributed by atoms with E-state index in [1.54, 1.807) is 11.3 Å². The van der Waals surface area contributed by atoms with E-state index in [1.165, 1.54) is 13.4 Å². The van der Waals surface area contributed by atoms with Gasteiger partial charge in [0.2, 0.25) is 10.0 Å². The fraction of sp³-hybridized carbons (Fsp3) is 0.200. The fourth-order valence-electron chi connectivity index (χ4n) is 2.15. The summed E-state index contributed by atoms with van der Waals surface area (Å²) in [6, 6.07) is 12.1. The first-order valence-electron chi connectivity index (χ1n) is 7.04. The van der Waals surface area contributed by atoms with Crippen LogP contribution in [0.3, 0.4) is 0 Å². The molecule has 0 bridgehead atoms. The summed E-state index contributed by atoms with van der Waals surface area (Å²) >= 11 is 1.59. The van der Waals surface area contributed by atoms with Gasteiger partial charge in [0.1, 0.15) is 17.0 Å². The fourth-order valence-corrected chi connectivity index (χ4v) is 3.73. The molecule has 2 heterocycles. The average molecular weight is 348 g/mol. The standard InChI is InChI=1S/C15H16N4O2S2/c1-16-23(20,21)8-7-17-14-12-9-13(11-5-3-2-4-6-11)22-15(12)19-10-18-14/h2-6,9-10,16H,7-8H2,1H3,(H,17,18,19). The first-order chi connectivity index (χ1) is 11.1. The van der Waals surface area contributed by atoms with Crippen molar-refractivity contribution in [2.24, 2.45) is 0 Å². The maximum absolute atomic E-state index is 11.5. The molecule has 2 N–H and O–H groups in total. The van der Waals surface area contributed by atoms with E-state index in [2.05, 4.69) is 20.0 Å². The Kier molecular flexibility index (Phi) is 4.56. The molecule has 0 unspecified atom stereocenters. The van der Waals surface area contributed by atoms with Crippen molar-refractivity contribution in [3.63, 3.8) is 0 Å². The first-order valence-corrected chi connectivity index (χ1v) is 9.51. The second-order valence-electron chi connectivity index (χ2n) is 4.87. The summed E-state index contributed by atoms with van der Waals surface area (Å²) in [5.41, 5.74) is 1.12. The van der Waals surface area contributed by atoms with Crippen LogP contribution in [0.5, 0.6) is 0 Å². The Hall–Kier alpha value is -2.03. The lowest BCUT2D eigenvalue weighted by molar-refractivity contribution is 0.588. The van der Waals surface area contributed by atoms with Gasteiger partial charge in [-0.05, 0) is 18.7 Å². The van der Waals surface area contributed by atoms with Crippen LogP contribution in [0.4, 0.5) is 5.82 Å². The minimum Gasteiger partial charge on any atom is -0.368 e. The van der Waals surface area contributed by atoms with Crippen LogP contribution in [0.1, 0.15) is 0 Å². The number of benzene rings is 1. The summed E-state index contributed by atoms with van der Waals surface area (Å²) in [6.45, 7) is 0.284. The molecule has 1 aromatic carbocycles. The van der Waals surface area contributed by atoms with Crippen molar-refractivity contribution in [2.45, 2.75) is 0 Å². The number of hydrogen-bond acceptors (Lipinski definition) is 6. The summed E-state index contributed by atoms with van der Waals surface area (Å²) < 4.78 is 25.2. The van der Waals surface area contributed by atoms with Crippen LogP contribution in [0, 0.1) is 0 Å². The Morgan fingerprint density at radius 1 is 1.17 bits per heavy atom. The van der Waals surface area contributed by atoms with Crippen molar-refractivity contribution in [3.8, 4) is 10.4 Å². The smallest absolute Gasteiger partial charge is 0.213 e. The van der Waals surface area contributed by atoms with Crippen LogP contribution in [0.15, 0.2) is 42.7 Å². The van der Waals surface area contributed by atoms with Crippen molar-refractivity contribution in [1.29, 1.82) is 0 Å². The summed E-state index contributed by atoms with van der Waals surface area (Å²) in [5.74, 6) is 0.643. The third-order valence-corrected chi connectivity index (χ3v) is 5.82. The highest BCUT2D eigenvalue weighted by Gasteiger charge is 2.11. The Morgan fingerprint density at radius 3 is 2.70 bits per heavy atom. The average Bonchev–Trinajstić information content (AvgIpc) is 3.01. The van der Waals surface area contributed by atoms with E-state index < -0.39 is 10.0 Å². The Labute approximate surface area is 138 Å². The van der Waals surface area contributed by atoms with Gasteiger partial charge in [0.15, 0.2) is 0 Å². The van der Waals surface area contributed by atoms with E-state index in [0.717, 1.165) is 20.7 Å². The van der Waals surface area contributed by atoms with Crippen LogP contribution >= 0.6 is 11.3 Å². The number of nitrogens with one attached hydrogen (secondary N) is 2. The number of hydrogen-bond donors (Lipinski definition) is 2.